The standard InChI is InChI=1S/C13H13N3.ClH/c1-2-16-13-5-11-9-3-8(6-14-7-9)10(11)4-12(13)15-1;/h1-2,4-5,8-9,14H,3,6-7H2;1H/t8-,9-;/m0./s1. The summed E-state index contributed by atoms with van der Waals surface area (Å²) in [5.74, 6) is 1.39. The Balaban J connectivity index is 0.000000902. The number of nitrogens with zero attached hydrogens (tertiary/aromatic N) is 2. The van der Waals surface area contributed by atoms with Crippen LogP contribution in [0.2, 0.25) is 0 Å². The molecule has 2 heterocycles. The number of aromatic nitrogens is 2. The van der Waals surface area contributed by atoms with Crippen LogP contribution in [0.3, 0.4) is 0 Å². The van der Waals surface area contributed by atoms with Crippen molar-refractivity contribution in [3.8, 4) is 0 Å². The van der Waals surface area contributed by atoms with Gasteiger partial charge in [-0.25, -0.2) is 0 Å². The highest BCUT2D eigenvalue weighted by molar-refractivity contribution is 5.85. The fourth-order valence-corrected chi connectivity index (χ4v) is 3.17. The Morgan fingerprint density at radius 2 is 1.47 bits per heavy atom. The molecule has 88 valence electrons. The van der Waals surface area contributed by atoms with Gasteiger partial charge >= 0.3 is 0 Å². The van der Waals surface area contributed by atoms with Gasteiger partial charge in [-0.2, -0.15) is 0 Å². The van der Waals surface area contributed by atoms with E-state index in [0.717, 1.165) is 24.1 Å². The lowest BCUT2D eigenvalue weighted by Crippen LogP contribution is -2.28. The van der Waals surface area contributed by atoms with E-state index in [9.17, 15) is 0 Å². The molecule has 0 saturated carbocycles. The lowest BCUT2D eigenvalue weighted by molar-refractivity contribution is 0.454. The molecule has 1 N–H and O–H groups in total. The molecule has 17 heavy (non-hydrogen) atoms. The van der Waals surface area contributed by atoms with Crippen LogP contribution in [0, 0.1) is 0 Å². The minimum Gasteiger partial charge on any atom is -0.316 e. The van der Waals surface area contributed by atoms with E-state index in [1.54, 1.807) is 12.4 Å². The van der Waals surface area contributed by atoms with Gasteiger partial charge < -0.3 is 5.32 Å². The first-order valence-corrected chi connectivity index (χ1v) is 5.87. The zero-order chi connectivity index (χ0) is 10.5. The number of nitrogens with one attached hydrogen (secondary N) is 1. The van der Waals surface area contributed by atoms with E-state index in [1.165, 1.54) is 17.5 Å². The van der Waals surface area contributed by atoms with Crippen LogP contribution in [0.25, 0.3) is 11.0 Å². The van der Waals surface area contributed by atoms with Crippen LogP contribution in [0.15, 0.2) is 24.5 Å². The SMILES string of the molecule is Cl.c1cnc2cc3c(cc2n1)[C@@H]1CNC[C@@H]3C1. The third kappa shape index (κ3) is 1.53. The summed E-state index contributed by atoms with van der Waals surface area (Å²) in [5, 5.41) is 3.51. The molecular weight excluding hydrogens is 234 g/mol. The topological polar surface area (TPSA) is 37.8 Å². The van der Waals surface area contributed by atoms with Crippen LogP contribution < -0.4 is 5.32 Å². The Morgan fingerprint density at radius 3 is 2.00 bits per heavy atom. The molecule has 4 rings (SSSR count). The van der Waals surface area contributed by atoms with Crippen molar-refractivity contribution in [2.45, 2.75) is 18.3 Å². The first-order valence-electron chi connectivity index (χ1n) is 5.87. The zero-order valence-electron chi connectivity index (χ0n) is 9.39. The molecule has 1 aromatic heterocycles. The van der Waals surface area contributed by atoms with E-state index in [2.05, 4.69) is 27.4 Å². The Hall–Kier alpha value is -1.19. The van der Waals surface area contributed by atoms with E-state index in [1.807, 2.05) is 0 Å². The second-order valence-corrected chi connectivity index (χ2v) is 4.81. The van der Waals surface area contributed by atoms with Crippen molar-refractivity contribution in [2.24, 2.45) is 0 Å². The monoisotopic (exact) mass is 247 g/mol. The summed E-state index contributed by atoms with van der Waals surface area (Å²) in [5.41, 5.74) is 5.08. The third-order valence-electron chi connectivity index (χ3n) is 3.90. The van der Waals surface area contributed by atoms with Gasteiger partial charge in [-0.3, -0.25) is 9.97 Å². The fourth-order valence-electron chi connectivity index (χ4n) is 3.17. The summed E-state index contributed by atoms with van der Waals surface area (Å²) in [6.45, 7) is 2.24. The van der Waals surface area contributed by atoms with Gasteiger partial charge in [0.2, 0.25) is 0 Å². The van der Waals surface area contributed by atoms with Gasteiger partial charge in [0.05, 0.1) is 11.0 Å². The van der Waals surface area contributed by atoms with Crippen LogP contribution >= 0.6 is 12.4 Å². The average Bonchev–Trinajstić information content (AvgIpc) is 2.59. The molecule has 1 saturated heterocycles. The maximum atomic E-state index is 4.39. The van der Waals surface area contributed by atoms with Crippen LogP contribution in [0.1, 0.15) is 29.4 Å². The minimum atomic E-state index is 0. The largest absolute Gasteiger partial charge is 0.316 e. The highest BCUT2D eigenvalue weighted by Crippen LogP contribution is 2.44. The highest BCUT2D eigenvalue weighted by atomic mass is 35.5. The molecule has 1 aliphatic heterocycles. The number of hydrogen-bond acceptors (Lipinski definition) is 3. The van der Waals surface area contributed by atoms with Crippen LogP contribution in [0.4, 0.5) is 0 Å². The van der Waals surface area contributed by atoms with Gasteiger partial charge in [0.15, 0.2) is 0 Å². The second-order valence-electron chi connectivity index (χ2n) is 4.81. The van der Waals surface area contributed by atoms with E-state index in [0.29, 0.717) is 11.8 Å². The van der Waals surface area contributed by atoms with Crippen LogP contribution in [0.5, 0.6) is 0 Å². The van der Waals surface area contributed by atoms with Crippen molar-refractivity contribution >= 4 is 23.4 Å². The van der Waals surface area contributed by atoms with Gasteiger partial charge in [0, 0.05) is 25.5 Å². The molecule has 1 aliphatic carbocycles. The maximum absolute atomic E-state index is 4.39. The molecule has 3 nitrogen and oxygen atoms in total. The molecule has 0 radical (unpaired) electrons. The zero-order valence-corrected chi connectivity index (χ0v) is 10.2. The lowest BCUT2D eigenvalue weighted by Gasteiger charge is -2.19. The molecule has 1 fully saturated rings. The summed E-state index contributed by atoms with van der Waals surface area (Å²) in [6, 6.07) is 4.49. The van der Waals surface area contributed by atoms with E-state index in [4.69, 9.17) is 0 Å². The third-order valence-corrected chi connectivity index (χ3v) is 3.90. The molecule has 2 bridgehead atoms. The second kappa shape index (κ2) is 3.93. The Labute approximate surface area is 106 Å². The summed E-state index contributed by atoms with van der Waals surface area (Å²) in [6.07, 6.45) is 4.85. The van der Waals surface area contributed by atoms with Crippen molar-refractivity contribution in [3.05, 3.63) is 35.7 Å². The molecule has 2 aromatic rings. The van der Waals surface area contributed by atoms with Crippen molar-refractivity contribution in [3.63, 3.8) is 0 Å². The van der Waals surface area contributed by atoms with Gasteiger partial charge in [-0.15, -0.1) is 12.4 Å². The number of benzene rings is 1. The van der Waals surface area contributed by atoms with Crippen molar-refractivity contribution < 1.29 is 0 Å². The molecule has 0 amide bonds. The van der Waals surface area contributed by atoms with Crippen molar-refractivity contribution in [2.75, 3.05) is 13.1 Å². The van der Waals surface area contributed by atoms with Crippen molar-refractivity contribution in [1.82, 2.24) is 15.3 Å². The maximum Gasteiger partial charge on any atom is 0.0889 e. The number of hydrogen-bond donors (Lipinski definition) is 1. The van der Waals surface area contributed by atoms with Crippen LogP contribution in [-0.4, -0.2) is 23.1 Å². The summed E-state index contributed by atoms with van der Waals surface area (Å²) in [4.78, 5) is 8.78. The molecule has 0 spiro atoms. The molecule has 0 unspecified atom stereocenters. The normalized spacial score (nSPS) is 25.4. The highest BCUT2D eigenvalue weighted by Gasteiger charge is 2.34. The Morgan fingerprint density at radius 1 is 0.941 bits per heavy atom. The molecule has 2 aliphatic rings. The average molecular weight is 248 g/mol. The predicted octanol–water partition coefficient (Wildman–Crippen LogP) is 2.23. The smallest absolute Gasteiger partial charge is 0.0889 e. The molecule has 1 aromatic carbocycles. The first-order chi connectivity index (χ1) is 7.92. The molecule has 4 heteroatoms. The minimum absolute atomic E-state index is 0. The Kier molecular flexibility index (Phi) is 2.53. The quantitative estimate of drug-likeness (QED) is 0.776. The van der Waals surface area contributed by atoms with E-state index >= 15 is 0 Å². The Bertz CT molecular complexity index is 521. The van der Waals surface area contributed by atoms with Crippen LogP contribution in [-0.2, 0) is 0 Å². The lowest BCUT2D eigenvalue weighted by atomic mass is 9.98. The predicted molar refractivity (Wildman–Crippen MR) is 69.8 cm³/mol. The fraction of sp³-hybridized carbons (Fsp3) is 0.385. The molecule has 2 atom stereocenters. The number of halogens is 1. The molecular formula is C13H14ClN3. The summed E-state index contributed by atoms with van der Waals surface area (Å²) < 4.78 is 0. The van der Waals surface area contributed by atoms with E-state index < -0.39 is 0 Å². The van der Waals surface area contributed by atoms with Crippen molar-refractivity contribution in [1.29, 1.82) is 0 Å². The van der Waals surface area contributed by atoms with Gasteiger partial charge in [0.1, 0.15) is 0 Å². The number of piperidine rings is 1. The number of fused-ring (bicyclic) bond motifs is 6. The summed E-state index contributed by atoms with van der Waals surface area (Å²) in [7, 11) is 0. The van der Waals surface area contributed by atoms with Gasteiger partial charge in [-0.1, -0.05) is 0 Å². The first kappa shape index (κ1) is 10.9. The van der Waals surface area contributed by atoms with E-state index in [-0.39, 0.29) is 12.4 Å². The number of rotatable bonds is 0. The van der Waals surface area contributed by atoms with Gasteiger partial charge in [-0.05, 0) is 41.5 Å². The summed E-state index contributed by atoms with van der Waals surface area (Å²) >= 11 is 0. The van der Waals surface area contributed by atoms with Gasteiger partial charge in [0.25, 0.3) is 0 Å².